The van der Waals surface area contributed by atoms with Gasteiger partial charge in [-0.2, -0.15) is 0 Å². The number of allylic oxidation sites excluding steroid dienone is 26. The molecule has 432 valence electrons. The standard InChI is InChI=1S/C71H112O6/c1-4-7-10-13-16-19-22-25-28-31-33-34-35-36-38-40-43-46-49-52-55-58-61-64-70(73)76-67-68(66-75-69(72)63-60-57-54-51-48-45-42-39-30-27-24-21-18-15-12-9-6-3)77-71(74)65-62-59-56-53-50-47-44-41-37-32-29-26-23-20-17-14-11-8-5-2/h7,9-10,12,16-21,25-30,33-34,36-38,41-43,45-46,68H,4-6,8,11,13-15,22-24,31-32,35,39-40,44,47-67H2,1-3H3/b10-7-,12-9-,19-16-,20-17-,21-18-,28-25-,29-26-,30-27-,34-33-,38-36-,41-37-,45-42-,46-43-. The first-order valence-corrected chi connectivity index (χ1v) is 31.0. The molecule has 0 saturated carbocycles. The van der Waals surface area contributed by atoms with Gasteiger partial charge in [-0.3, -0.25) is 14.4 Å². The number of carbonyl (C=O) groups excluding carboxylic acids is 3. The van der Waals surface area contributed by atoms with Crippen molar-refractivity contribution >= 4 is 17.9 Å². The van der Waals surface area contributed by atoms with Crippen molar-refractivity contribution < 1.29 is 28.6 Å². The van der Waals surface area contributed by atoms with E-state index in [1.807, 2.05) is 0 Å². The number of carbonyl (C=O) groups is 3. The summed E-state index contributed by atoms with van der Waals surface area (Å²) in [4.78, 5) is 38.3. The van der Waals surface area contributed by atoms with Crippen LogP contribution in [-0.4, -0.2) is 37.2 Å². The van der Waals surface area contributed by atoms with Crippen LogP contribution in [0.1, 0.15) is 252 Å². The van der Waals surface area contributed by atoms with Crippen LogP contribution >= 0.6 is 0 Å². The van der Waals surface area contributed by atoms with Gasteiger partial charge in [0.1, 0.15) is 13.2 Å². The van der Waals surface area contributed by atoms with E-state index in [0.717, 1.165) is 173 Å². The Kier molecular flexibility index (Phi) is 59.5. The second-order valence-corrected chi connectivity index (χ2v) is 19.8. The summed E-state index contributed by atoms with van der Waals surface area (Å²) in [5.74, 6) is -0.975. The number of unbranched alkanes of at least 4 members (excludes halogenated alkanes) is 17. The molecule has 0 saturated heterocycles. The minimum absolute atomic E-state index is 0.112. The average molecular weight is 1060 g/mol. The van der Waals surface area contributed by atoms with E-state index in [-0.39, 0.29) is 31.1 Å². The van der Waals surface area contributed by atoms with Crippen LogP contribution in [0.4, 0.5) is 0 Å². The third-order valence-electron chi connectivity index (χ3n) is 12.5. The first-order chi connectivity index (χ1) is 38.0. The predicted octanol–water partition coefficient (Wildman–Crippen LogP) is 21.3. The minimum atomic E-state index is -0.816. The van der Waals surface area contributed by atoms with E-state index < -0.39 is 6.10 Å². The third-order valence-corrected chi connectivity index (χ3v) is 12.5. The molecular formula is C71H112O6. The molecule has 0 radical (unpaired) electrons. The van der Waals surface area contributed by atoms with E-state index in [4.69, 9.17) is 14.2 Å². The van der Waals surface area contributed by atoms with Crippen molar-refractivity contribution in [3.8, 4) is 0 Å². The van der Waals surface area contributed by atoms with Crippen molar-refractivity contribution in [3.05, 3.63) is 158 Å². The van der Waals surface area contributed by atoms with Crippen LogP contribution in [-0.2, 0) is 28.6 Å². The SMILES string of the molecule is CC/C=C\C/C=C\C/C=C\C/C=C\C/C=C\C/C=C\CCCCCCC(=O)OCC(COC(=O)CCCCCC/C=C\C/C=C\C/C=C\C/C=C\CC)OC(=O)CCCCCCCC/C=C\C/C=C\C/C=C\CCCCC. The Hall–Kier alpha value is -4.97. The van der Waals surface area contributed by atoms with Gasteiger partial charge in [0.2, 0.25) is 0 Å². The number of ether oxygens (including phenoxy) is 3. The van der Waals surface area contributed by atoms with Crippen LogP contribution in [0.5, 0.6) is 0 Å². The Balaban J connectivity index is 4.53. The van der Waals surface area contributed by atoms with E-state index in [1.165, 1.54) is 38.5 Å². The summed E-state index contributed by atoms with van der Waals surface area (Å²) in [5.41, 5.74) is 0. The van der Waals surface area contributed by atoms with E-state index in [0.29, 0.717) is 19.3 Å². The highest BCUT2D eigenvalue weighted by Gasteiger charge is 2.19. The summed E-state index contributed by atoms with van der Waals surface area (Å²) >= 11 is 0. The fourth-order valence-electron chi connectivity index (χ4n) is 7.91. The smallest absolute Gasteiger partial charge is 0.306 e. The molecule has 0 aromatic rings. The first-order valence-electron chi connectivity index (χ1n) is 31.0. The summed E-state index contributed by atoms with van der Waals surface area (Å²) < 4.78 is 16.9. The van der Waals surface area contributed by atoms with Gasteiger partial charge in [0, 0.05) is 19.3 Å². The Morgan fingerprint density at radius 3 is 0.792 bits per heavy atom. The summed E-state index contributed by atoms with van der Waals surface area (Å²) in [6, 6.07) is 0. The molecule has 0 heterocycles. The molecule has 1 unspecified atom stereocenters. The van der Waals surface area contributed by atoms with E-state index in [1.54, 1.807) is 0 Å². The highest BCUT2D eigenvalue weighted by Crippen LogP contribution is 2.13. The Labute approximate surface area is 473 Å². The lowest BCUT2D eigenvalue weighted by Crippen LogP contribution is -2.30. The molecule has 0 spiro atoms. The molecule has 0 aliphatic heterocycles. The van der Waals surface area contributed by atoms with Crippen molar-refractivity contribution in [1.82, 2.24) is 0 Å². The van der Waals surface area contributed by atoms with Crippen LogP contribution in [0.25, 0.3) is 0 Å². The third kappa shape index (κ3) is 61.8. The average Bonchev–Trinajstić information content (AvgIpc) is 3.43. The van der Waals surface area contributed by atoms with Crippen molar-refractivity contribution in [2.75, 3.05) is 13.2 Å². The molecule has 77 heavy (non-hydrogen) atoms. The molecule has 6 heteroatoms. The molecule has 0 N–H and O–H groups in total. The largest absolute Gasteiger partial charge is 0.462 e. The second kappa shape index (κ2) is 63.6. The number of hydrogen-bond donors (Lipinski definition) is 0. The lowest BCUT2D eigenvalue weighted by Gasteiger charge is -2.18. The van der Waals surface area contributed by atoms with Gasteiger partial charge in [-0.15, -0.1) is 0 Å². The van der Waals surface area contributed by atoms with Crippen molar-refractivity contribution in [3.63, 3.8) is 0 Å². The quantitative estimate of drug-likeness (QED) is 0.0261. The molecule has 0 amide bonds. The number of esters is 3. The molecule has 0 aromatic heterocycles. The van der Waals surface area contributed by atoms with Gasteiger partial charge in [-0.1, -0.05) is 243 Å². The Bertz CT molecular complexity index is 1740. The highest BCUT2D eigenvalue weighted by atomic mass is 16.6. The highest BCUT2D eigenvalue weighted by molar-refractivity contribution is 5.71. The maximum atomic E-state index is 12.9. The first kappa shape index (κ1) is 72.0. The lowest BCUT2D eigenvalue weighted by molar-refractivity contribution is -0.167. The molecule has 0 rings (SSSR count). The van der Waals surface area contributed by atoms with E-state index in [2.05, 4.69) is 179 Å². The van der Waals surface area contributed by atoms with Gasteiger partial charge in [0.25, 0.3) is 0 Å². The van der Waals surface area contributed by atoms with Crippen LogP contribution in [0, 0.1) is 0 Å². The summed E-state index contributed by atoms with van der Waals surface area (Å²) in [6.45, 7) is 6.33. The minimum Gasteiger partial charge on any atom is -0.462 e. The molecule has 0 bridgehead atoms. The molecule has 0 aromatic carbocycles. The van der Waals surface area contributed by atoms with Crippen LogP contribution in [0.2, 0.25) is 0 Å². The zero-order valence-corrected chi connectivity index (χ0v) is 49.4. The fraction of sp³-hybridized carbons (Fsp3) is 0.592. The number of rotatable bonds is 54. The monoisotopic (exact) mass is 1060 g/mol. The summed E-state index contributed by atoms with van der Waals surface area (Å²) in [6.07, 6.45) is 92.3. The molecule has 0 fully saturated rings. The second-order valence-electron chi connectivity index (χ2n) is 19.8. The van der Waals surface area contributed by atoms with Gasteiger partial charge in [-0.05, 0) is 148 Å². The van der Waals surface area contributed by atoms with Crippen LogP contribution in [0.15, 0.2) is 158 Å². The lowest BCUT2D eigenvalue weighted by atomic mass is 10.1. The number of hydrogen-bond acceptors (Lipinski definition) is 6. The van der Waals surface area contributed by atoms with Crippen LogP contribution in [0.3, 0.4) is 0 Å². The van der Waals surface area contributed by atoms with E-state index in [9.17, 15) is 14.4 Å². The molecule has 6 nitrogen and oxygen atoms in total. The van der Waals surface area contributed by atoms with Gasteiger partial charge < -0.3 is 14.2 Å². The zero-order chi connectivity index (χ0) is 55.7. The molecule has 1 atom stereocenters. The van der Waals surface area contributed by atoms with Crippen molar-refractivity contribution in [2.45, 2.75) is 258 Å². The maximum absolute atomic E-state index is 12.9. The van der Waals surface area contributed by atoms with Gasteiger partial charge in [-0.25, -0.2) is 0 Å². The molecule has 0 aliphatic carbocycles. The predicted molar refractivity (Wildman–Crippen MR) is 334 cm³/mol. The Morgan fingerprint density at radius 1 is 0.273 bits per heavy atom. The summed E-state index contributed by atoms with van der Waals surface area (Å²) in [7, 11) is 0. The fourth-order valence-corrected chi connectivity index (χ4v) is 7.91. The maximum Gasteiger partial charge on any atom is 0.306 e. The normalized spacial score (nSPS) is 13.2. The Morgan fingerprint density at radius 2 is 0.506 bits per heavy atom. The topological polar surface area (TPSA) is 78.9 Å². The summed E-state index contributed by atoms with van der Waals surface area (Å²) in [5, 5.41) is 0. The van der Waals surface area contributed by atoms with Gasteiger partial charge >= 0.3 is 17.9 Å². The van der Waals surface area contributed by atoms with Crippen LogP contribution < -0.4 is 0 Å². The molecule has 0 aliphatic rings. The molecular weight excluding hydrogens is 949 g/mol. The van der Waals surface area contributed by atoms with Crippen molar-refractivity contribution in [2.24, 2.45) is 0 Å². The van der Waals surface area contributed by atoms with Gasteiger partial charge in [0.05, 0.1) is 0 Å². The van der Waals surface area contributed by atoms with Crippen molar-refractivity contribution in [1.29, 1.82) is 0 Å². The van der Waals surface area contributed by atoms with Gasteiger partial charge in [0.15, 0.2) is 6.10 Å². The zero-order valence-electron chi connectivity index (χ0n) is 49.4. The van der Waals surface area contributed by atoms with E-state index >= 15 is 0 Å².